The largest absolute Gasteiger partial charge is 0.488 e. The average Bonchev–Trinajstić information content (AvgIpc) is 2.61. The van der Waals surface area contributed by atoms with E-state index in [0.717, 1.165) is 22.6 Å². The van der Waals surface area contributed by atoms with E-state index in [0.29, 0.717) is 23.2 Å². The molecule has 3 aromatic rings. The molecule has 0 aliphatic rings. The maximum absolute atomic E-state index is 6.20. The van der Waals surface area contributed by atoms with Gasteiger partial charge >= 0.3 is 0 Å². The first-order chi connectivity index (χ1) is 11.7. The van der Waals surface area contributed by atoms with Crippen LogP contribution in [-0.4, -0.2) is 0 Å². The molecule has 3 aromatic carbocycles. The van der Waals surface area contributed by atoms with E-state index in [-0.39, 0.29) is 0 Å². The van der Waals surface area contributed by atoms with E-state index in [2.05, 4.69) is 11.4 Å². The van der Waals surface area contributed by atoms with Gasteiger partial charge in [-0.15, -0.1) is 0 Å². The smallest absolute Gasteiger partial charge is 0.124 e. The van der Waals surface area contributed by atoms with E-state index < -0.39 is 0 Å². The molecule has 24 heavy (non-hydrogen) atoms. The molecule has 0 amide bonds. The summed E-state index contributed by atoms with van der Waals surface area (Å²) in [6.45, 7) is 1.09. The maximum atomic E-state index is 6.20. The van der Waals surface area contributed by atoms with Gasteiger partial charge in [-0.25, -0.2) is 0 Å². The quantitative estimate of drug-likeness (QED) is 0.568. The summed E-state index contributed by atoms with van der Waals surface area (Å²) >= 11 is 12.1. The van der Waals surface area contributed by atoms with Gasteiger partial charge in [-0.1, -0.05) is 65.7 Å². The van der Waals surface area contributed by atoms with Crippen LogP contribution in [0.1, 0.15) is 11.1 Å². The van der Waals surface area contributed by atoms with Gasteiger partial charge < -0.3 is 10.1 Å². The number of para-hydroxylation sites is 2. The first kappa shape index (κ1) is 16.7. The number of nitrogens with one attached hydrogen (secondary N) is 1. The van der Waals surface area contributed by atoms with Crippen molar-refractivity contribution in [3.8, 4) is 5.75 Å². The van der Waals surface area contributed by atoms with Crippen molar-refractivity contribution in [3.05, 3.63) is 94.0 Å². The molecule has 0 bridgehead atoms. The minimum atomic E-state index is 0.401. The van der Waals surface area contributed by atoms with Crippen LogP contribution in [0.2, 0.25) is 10.0 Å². The number of hydrogen-bond acceptors (Lipinski definition) is 2. The van der Waals surface area contributed by atoms with Crippen LogP contribution in [0.15, 0.2) is 72.8 Å². The Morgan fingerprint density at radius 3 is 2.33 bits per heavy atom. The predicted octanol–water partition coefficient (Wildman–Crippen LogP) is 6.18. The van der Waals surface area contributed by atoms with Crippen molar-refractivity contribution >= 4 is 28.9 Å². The van der Waals surface area contributed by atoms with Crippen molar-refractivity contribution in [2.75, 3.05) is 5.32 Å². The number of rotatable bonds is 6. The van der Waals surface area contributed by atoms with Crippen molar-refractivity contribution < 1.29 is 4.74 Å². The molecule has 122 valence electrons. The highest BCUT2D eigenvalue weighted by molar-refractivity contribution is 6.35. The molecule has 0 aromatic heterocycles. The molecular formula is C20H17Cl2NO. The lowest BCUT2D eigenvalue weighted by atomic mass is 10.2. The van der Waals surface area contributed by atoms with Gasteiger partial charge in [-0.05, 0) is 30.3 Å². The first-order valence-corrected chi connectivity index (χ1v) is 8.41. The van der Waals surface area contributed by atoms with E-state index in [1.165, 1.54) is 0 Å². The van der Waals surface area contributed by atoms with Crippen LogP contribution in [0.5, 0.6) is 5.75 Å². The van der Waals surface area contributed by atoms with Crippen molar-refractivity contribution in [1.82, 2.24) is 0 Å². The summed E-state index contributed by atoms with van der Waals surface area (Å²) < 4.78 is 5.96. The molecule has 4 heteroatoms. The Bertz CT molecular complexity index is 806. The zero-order chi connectivity index (χ0) is 16.8. The molecule has 0 saturated carbocycles. The van der Waals surface area contributed by atoms with Crippen molar-refractivity contribution in [2.24, 2.45) is 0 Å². The van der Waals surface area contributed by atoms with Gasteiger partial charge in [0.05, 0.1) is 0 Å². The van der Waals surface area contributed by atoms with Gasteiger partial charge in [0.1, 0.15) is 12.4 Å². The number of anilines is 1. The van der Waals surface area contributed by atoms with Crippen LogP contribution >= 0.6 is 23.2 Å². The SMILES string of the molecule is Clc1ccc(COc2ccccc2CNc2ccccc2)c(Cl)c1. The second-order valence-electron chi connectivity index (χ2n) is 5.35. The third-order valence-corrected chi connectivity index (χ3v) is 4.21. The molecule has 0 atom stereocenters. The zero-order valence-corrected chi connectivity index (χ0v) is 14.5. The number of hydrogen-bond donors (Lipinski definition) is 1. The monoisotopic (exact) mass is 357 g/mol. The Balaban J connectivity index is 1.67. The Kier molecular flexibility index (Phi) is 5.63. The van der Waals surface area contributed by atoms with E-state index in [1.54, 1.807) is 6.07 Å². The molecule has 2 nitrogen and oxygen atoms in total. The van der Waals surface area contributed by atoms with E-state index in [1.807, 2.05) is 60.7 Å². The fraction of sp³-hybridized carbons (Fsp3) is 0.100. The number of halogens is 2. The maximum Gasteiger partial charge on any atom is 0.124 e. The van der Waals surface area contributed by atoms with Gasteiger partial charge in [-0.2, -0.15) is 0 Å². The van der Waals surface area contributed by atoms with Gasteiger partial charge in [0, 0.05) is 33.4 Å². The second-order valence-corrected chi connectivity index (χ2v) is 6.20. The molecule has 1 N–H and O–H groups in total. The van der Waals surface area contributed by atoms with Crippen molar-refractivity contribution in [2.45, 2.75) is 13.2 Å². The summed E-state index contributed by atoms with van der Waals surface area (Å²) in [5.41, 5.74) is 3.08. The van der Waals surface area contributed by atoms with Crippen LogP contribution in [0, 0.1) is 0 Å². The molecule has 3 rings (SSSR count). The fourth-order valence-electron chi connectivity index (χ4n) is 2.34. The first-order valence-electron chi connectivity index (χ1n) is 7.66. The lowest BCUT2D eigenvalue weighted by Crippen LogP contribution is -2.03. The predicted molar refractivity (Wildman–Crippen MR) is 101 cm³/mol. The highest BCUT2D eigenvalue weighted by atomic mass is 35.5. The summed E-state index contributed by atoms with van der Waals surface area (Å²) in [5.74, 6) is 0.840. The van der Waals surface area contributed by atoms with Gasteiger partial charge in [0.25, 0.3) is 0 Å². The highest BCUT2D eigenvalue weighted by Crippen LogP contribution is 2.25. The molecule has 0 saturated heterocycles. The minimum Gasteiger partial charge on any atom is -0.488 e. The summed E-state index contributed by atoms with van der Waals surface area (Å²) in [6.07, 6.45) is 0. The third kappa shape index (κ3) is 4.44. The zero-order valence-electron chi connectivity index (χ0n) is 13.0. The van der Waals surface area contributed by atoms with E-state index in [9.17, 15) is 0 Å². The minimum absolute atomic E-state index is 0.401. The highest BCUT2D eigenvalue weighted by Gasteiger charge is 2.06. The topological polar surface area (TPSA) is 21.3 Å². The Morgan fingerprint density at radius 2 is 1.54 bits per heavy atom. The summed E-state index contributed by atoms with van der Waals surface area (Å²) in [7, 11) is 0. The lowest BCUT2D eigenvalue weighted by molar-refractivity contribution is 0.303. The average molecular weight is 358 g/mol. The van der Waals surface area contributed by atoms with Crippen LogP contribution in [-0.2, 0) is 13.2 Å². The molecular weight excluding hydrogens is 341 g/mol. The molecule has 0 aliphatic heterocycles. The summed E-state index contributed by atoms with van der Waals surface area (Å²) in [4.78, 5) is 0. The Labute approximate surface area is 152 Å². The normalized spacial score (nSPS) is 10.4. The molecule has 0 spiro atoms. The van der Waals surface area contributed by atoms with Crippen LogP contribution < -0.4 is 10.1 Å². The lowest BCUT2D eigenvalue weighted by Gasteiger charge is -2.13. The number of benzene rings is 3. The van der Waals surface area contributed by atoms with Crippen molar-refractivity contribution in [1.29, 1.82) is 0 Å². The molecule has 0 radical (unpaired) electrons. The second kappa shape index (κ2) is 8.09. The molecule has 0 aliphatic carbocycles. The van der Waals surface area contributed by atoms with E-state index >= 15 is 0 Å². The van der Waals surface area contributed by atoms with Gasteiger partial charge in [0.2, 0.25) is 0 Å². The summed E-state index contributed by atoms with van der Waals surface area (Å²) in [5, 5.41) is 4.63. The summed E-state index contributed by atoms with van der Waals surface area (Å²) in [6, 6.07) is 23.5. The molecule has 0 fully saturated rings. The van der Waals surface area contributed by atoms with E-state index in [4.69, 9.17) is 27.9 Å². The van der Waals surface area contributed by atoms with Crippen molar-refractivity contribution in [3.63, 3.8) is 0 Å². The third-order valence-electron chi connectivity index (χ3n) is 3.63. The van der Waals surface area contributed by atoms with Crippen LogP contribution in [0.3, 0.4) is 0 Å². The van der Waals surface area contributed by atoms with Crippen LogP contribution in [0.4, 0.5) is 5.69 Å². The fourth-order valence-corrected chi connectivity index (χ4v) is 2.80. The molecule has 0 heterocycles. The Morgan fingerprint density at radius 1 is 0.792 bits per heavy atom. The van der Waals surface area contributed by atoms with Crippen LogP contribution in [0.25, 0.3) is 0 Å². The number of ether oxygens (including phenoxy) is 1. The van der Waals surface area contributed by atoms with Gasteiger partial charge in [0.15, 0.2) is 0 Å². The Hall–Kier alpha value is -2.16. The van der Waals surface area contributed by atoms with Gasteiger partial charge in [-0.3, -0.25) is 0 Å². The molecule has 0 unspecified atom stereocenters. The standard InChI is InChI=1S/C20H17Cl2NO/c21-17-11-10-16(19(22)12-17)14-24-20-9-5-4-6-15(20)13-23-18-7-2-1-3-8-18/h1-12,23H,13-14H2.